The molecule has 5 aromatic carbocycles. The number of nitrogens with zero attached hydrogens (tertiary/aromatic N) is 2. The van der Waals surface area contributed by atoms with Crippen molar-refractivity contribution in [3.8, 4) is 11.5 Å². The Balaban J connectivity index is 1.53. The quantitative estimate of drug-likeness (QED) is 0.188. The number of methoxy groups -OCH3 is 2. The van der Waals surface area contributed by atoms with Crippen molar-refractivity contribution in [2.75, 3.05) is 28.7 Å². The zero-order valence-corrected chi connectivity index (χ0v) is 26.0. The van der Waals surface area contributed by atoms with E-state index in [2.05, 4.69) is 9.62 Å². The molecule has 0 bridgehead atoms. The third-order valence-corrected chi connectivity index (χ3v) is 9.20. The van der Waals surface area contributed by atoms with Gasteiger partial charge < -0.3 is 14.4 Å². The van der Waals surface area contributed by atoms with Crippen molar-refractivity contribution in [3.05, 3.63) is 144 Å². The van der Waals surface area contributed by atoms with Crippen molar-refractivity contribution in [3.63, 3.8) is 0 Å². The second-order valence-corrected chi connectivity index (χ2v) is 12.5. The number of benzene rings is 5. The number of hydrogen-bond donors (Lipinski definition) is 1. The number of fused-ring (bicyclic) bond motifs is 1. The van der Waals surface area contributed by atoms with Crippen LogP contribution in [0.15, 0.2) is 126 Å². The molecule has 0 fully saturated rings. The van der Waals surface area contributed by atoms with Crippen molar-refractivity contribution < 1.29 is 22.7 Å². The van der Waals surface area contributed by atoms with E-state index >= 15 is 0 Å². The van der Waals surface area contributed by atoms with Crippen LogP contribution in [0.4, 0.5) is 17.1 Å². The van der Waals surface area contributed by atoms with Gasteiger partial charge in [-0.2, -0.15) is 0 Å². The van der Waals surface area contributed by atoms with Crippen LogP contribution in [0.3, 0.4) is 0 Å². The summed E-state index contributed by atoms with van der Waals surface area (Å²) in [6, 6.07) is 36.7. The molecule has 9 heteroatoms. The first-order valence-corrected chi connectivity index (χ1v) is 15.9. The summed E-state index contributed by atoms with van der Waals surface area (Å²) in [7, 11) is -0.803. The van der Waals surface area contributed by atoms with Gasteiger partial charge in [-0.25, -0.2) is 8.42 Å². The van der Waals surface area contributed by atoms with Crippen molar-refractivity contribution >= 4 is 33.0 Å². The Bertz CT molecular complexity index is 1930. The van der Waals surface area contributed by atoms with Gasteiger partial charge >= 0.3 is 0 Å². The predicted octanol–water partition coefficient (Wildman–Crippen LogP) is 7.18. The summed E-state index contributed by atoms with van der Waals surface area (Å²) < 4.78 is 40.7. The Kier molecular flexibility index (Phi) is 8.19. The molecule has 0 aliphatic carbocycles. The molecule has 1 heterocycles. The number of carbonyl (C=O) groups is 1. The van der Waals surface area contributed by atoms with Gasteiger partial charge in [-0.15, -0.1) is 0 Å². The minimum atomic E-state index is -4.00. The van der Waals surface area contributed by atoms with Crippen molar-refractivity contribution in [2.24, 2.45) is 0 Å². The monoisotopic (exact) mass is 619 g/mol. The minimum Gasteiger partial charge on any atom is -0.497 e. The molecule has 1 aliphatic rings. The maximum absolute atomic E-state index is 14.6. The highest BCUT2D eigenvalue weighted by Crippen LogP contribution is 2.44. The van der Waals surface area contributed by atoms with E-state index in [0.717, 1.165) is 16.7 Å². The third kappa shape index (κ3) is 6.07. The Labute approximate surface area is 263 Å². The first kappa shape index (κ1) is 29.8. The van der Waals surface area contributed by atoms with Gasteiger partial charge in [0.25, 0.3) is 15.9 Å². The molecule has 8 nitrogen and oxygen atoms in total. The minimum absolute atomic E-state index is 0.00986. The zero-order valence-electron chi connectivity index (χ0n) is 25.2. The first-order valence-electron chi connectivity index (χ1n) is 14.4. The van der Waals surface area contributed by atoms with Gasteiger partial charge in [-0.3, -0.25) is 14.4 Å². The Hall–Kier alpha value is -5.28. The highest BCUT2D eigenvalue weighted by molar-refractivity contribution is 7.92. The lowest BCUT2D eigenvalue weighted by Gasteiger charge is -2.46. The molecule has 45 heavy (non-hydrogen) atoms. The molecule has 5 aromatic rings. The summed E-state index contributed by atoms with van der Waals surface area (Å²) >= 11 is 0. The molecule has 1 amide bonds. The van der Waals surface area contributed by atoms with Gasteiger partial charge in [-0.1, -0.05) is 60.2 Å². The topological polar surface area (TPSA) is 88.2 Å². The number of nitrogens with one attached hydrogen (secondary N) is 1. The molecule has 6 rings (SSSR count). The van der Waals surface area contributed by atoms with E-state index in [9.17, 15) is 13.2 Å². The van der Waals surface area contributed by atoms with Crippen LogP contribution >= 0.6 is 0 Å². The van der Waals surface area contributed by atoms with Crippen LogP contribution in [0, 0.1) is 6.92 Å². The Morgan fingerprint density at radius 2 is 1.47 bits per heavy atom. The smallest absolute Gasteiger partial charge is 0.262 e. The summed E-state index contributed by atoms with van der Waals surface area (Å²) in [5.41, 5.74) is 4.83. The molecule has 0 aromatic heterocycles. The average molecular weight is 620 g/mol. The van der Waals surface area contributed by atoms with E-state index in [1.165, 1.54) is 6.07 Å². The molecular weight excluding hydrogens is 586 g/mol. The van der Waals surface area contributed by atoms with E-state index in [0.29, 0.717) is 35.1 Å². The lowest BCUT2D eigenvalue weighted by molar-refractivity contribution is 0.0968. The van der Waals surface area contributed by atoms with Gasteiger partial charge in [0.05, 0.1) is 30.4 Å². The largest absolute Gasteiger partial charge is 0.497 e. The highest BCUT2D eigenvalue weighted by Gasteiger charge is 2.40. The van der Waals surface area contributed by atoms with E-state index < -0.39 is 16.2 Å². The number of rotatable bonds is 9. The Morgan fingerprint density at radius 3 is 2.16 bits per heavy atom. The van der Waals surface area contributed by atoms with Gasteiger partial charge in [0.2, 0.25) is 0 Å². The lowest BCUT2D eigenvalue weighted by atomic mass is 9.99. The Morgan fingerprint density at radius 1 is 0.756 bits per heavy atom. The second kappa shape index (κ2) is 12.4. The number of carbonyl (C=O) groups excluding carboxylic acids is 1. The van der Waals surface area contributed by atoms with Gasteiger partial charge in [0.1, 0.15) is 17.7 Å². The second-order valence-electron chi connectivity index (χ2n) is 10.8. The van der Waals surface area contributed by atoms with Crippen LogP contribution in [0.25, 0.3) is 0 Å². The summed E-state index contributed by atoms with van der Waals surface area (Å²) in [6.07, 6.45) is -0.582. The number of sulfonamides is 1. The fraction of sp³-hybridized carbons (Fsp3) is 0.139. The van der Waals surface area contributed by atoms with Gasteiger partial charge in [0.15, 0.2) is 0 Å². The molecule has 228 valence electrons. The third-order valence-electron chi connectivity index (χ3n) is 7.82. The fourth-order valence-electron chi connectivity index (χ4n) is 5.54. The number of aryl methyl sites for hydroxylation is 1. The number of amides is 1. The van der Waals surface area contributed by atoms with Crippen molar-refractivity contribution in [1.82, 2.24) is 0 Å². The molecular formula is C36H33N3O5S. The maximum atomic E-state index is 14.6. The molecule has 0 unspecified atom stereocenters. The van der Waals surface area contributed by atoms with E-state index in [1.807, 2.05) is 85.8 Å². The van der Waals surface area contributed by atoms with Crippen LogP contribution in [0.1, 0.15) is 33.2 Å². The maximum Gasteiger partial charge on any atom is 0.262 e. The van der Waals surface area contributed by atoms with Crippen molar-refractivity contribution in [1.29, 1.82) is 0 Å². The molecule has 0 spiro atoms. The van der Waals surface area contributed by atoms with Crippen LogP contribution in [-0.4, -0.2) is 28.5 Å². The lowest BCUT2D eigenvalue weighted by Crippen LogP contribution is -2.49. The van der Waals surface area contributed by atoms with Crippen LogP contribution in [-0.2, 0) is 16.6 Å². The first-order chi connectivity index (χ1) is 21.8. The number of anilines is 3. The molecule has 1 aliphatic heterocycles. The van der Waals surface area contributed by atoms with Crippen LogP contribution < -0.4 is 24.0 Å². The molecule has 0 saturated carbocycles. The van der Waals surface area contributed by atoms with E-state index in [-0.39, 0.29) is 16.4 Å². The van der Waals surface area contributed by atoms with E-state index in [4.69, 9.17) is 9.47 Å². The van der Waals surface area contributed by atoms with Gasteiger partial charge in [-0.05, 0) is 84.8 Å². The van der Waals surface area contributed by atoms with Gasteiger partial charge in [0, 0.05) is 17.9 Å². The predicted molar refractivity (Wildman–Crippen MR) is 177 cm³/mol. The molecule has 1 atom stereocenters. The average Bonchev–Trinajstić information content (AvgIpc) is 3.07. The number of hydrogen-bond acceptors (Lipinski definition) is 6. The fourth-order valence-corrected chi connectivity index (χ4v) is 6.62. The standard InChI is InChI=1S/C36H33N3O5S/c1-25-12-14-28(15-13-25)37-45(41,42)32-20-21-34-33(23-32)36(40)39(29-16-18-30(43-2)19-17-29)35(27-10-7-11-31(22-27)44-3)38(34)24-26-8-5-4-6-9-26/h4-23,35,37H,24H2,1-3H3/t35-/m1/s1. The highest BCUT2D eigenvalue weighted by atomic mass is 32.2. The van der Waals surface area contributed by atoms with E-state index in [1.54, 1.807) is 55.5 Å². The van der Waals surface area contributed by atoms with Crippen LogP contribution in [0.2, 0.25) is 0 Å². The summed E-state index contributed by atoms with van der Waals surface area (Å²) in [6.45, 7) is 2.38. The summed E-state index contributed by atoms with van der Waals surface area (Å²) in [4.78, 5) is 18.4. The summed E-state index contributed by atoms with van der Waals surface area (Å²) in [5.74, 6) is 0.974. The molecule has 0 radical (unpaired) electrons. The van der Waals surface area contributed by atoms with Crippen molar-refractivity contribution in [2.45, 2.75) is 24.5 Å². The zero-order chi connectivity index (χ0) is 31.6. The molecule has 0 saturated heterocycles. The van der Waals surface area contributed by atoms with Crippen LogP contribution in [0.5, 0.6) is 11.5 Å². The normalized spacial score (nSPS) is 14.6. The summed E-state index contributed by atoms with van der Waals surface area (Å²) in [5, 5.41) is 0. The number of ether oxygens (including phenoxy) is 2. The SMILES string of the molecule is COc1ccc(N2C(=O)c3cc(S(=O)(=O)Nc4ccc(C)cc4)ccc3N(Cc3ccccc3)[C@H]2c2cccc(OC)c2)cc1. The molecule has 1 N–H and O–H groups in total.